The molecule has 3 aromatic carbocycles. The van der Waals surface area contributed by atoms with E-state index < -0.39 is 6.10 Å². The first-order chi connectivity index (χ1) is 19.0. The Morgan fingerprint density at radius 3 is 2.69 bits per heavy atom. The number of pyridine rings is 1. The van der Waals surface area contributed by atoms with Gasteiger partial charge in [0.1, 0.15) is 11.4 Å². The molecule has 8 nitrogen and oxygen atoms in total. The first-order valence-corrected chi connectivity index (χ1v) is 14.7. The smallest absolute Gasteiger partial charge is 0.261 e. The molecule has 1 fully saturated rings. The van der Waals surface area contributed by atoms with Gasteiger partial charge < -0.3 is 30.6 Å². The van der Waals surface area contributed by atoms with Gasteiger partial charge in [-0.25, -0.2) is 4.98 Å². The second-order valence-electron chi connectivity index (χ2n) is 10.0. The number of aromatic amines is 2. The van der Waals surface area contributed by atoms with Gasteiger partial charge in [0, 0.05) is 48.2 Å². The third-order valence-corrected chi connectivity index (χ3v) is 8.25. The Morgan fingerprint density at radius 1 is 1.05 bits per heavy atom. The van der Waals surface area contributed by atoms with E-state index in [-0.39, 0.29) is 12.1 Å². The van der Waals surface area contributed by atoms with Crippen molar-refractivity contribution in [2.45, 2.75) is 17.5 Å². The molecular formula is C30H31IN6O2. The zero-order valence-corrected chi connectivity index (χ0v) is 23.9. The van der Waals surface area contributed by atoms with Crippen LogP contribution in [0.2, 0.25) is 0 Å². The number of aliphatic hydroxyl groups excluding tert-OH is 1. The highest BCUT2D eigenvalue weighted by atomic mass is 127. The van der Waals surface area contributed by atoms with E-state index in [9.17, 15) is 9.90 Å². The lowest BCUT2D eigenvalue weighted by Crippen LogP contribution is -2.43. The second kappa shape index (κ2) is 11.0. The Kier molecular flexibility index (Phi) is 7.28. The quantitative estimate of drug-likeness (QED) is 0.129. The summed E-state index contributed by atoms with van der Waals surface area (Å²) in [6.07, 6.45) is -0.738. The number of anilines is 2. The summed E-state index contributed by atoms with van der Waals surface area (Å²) in [5, 5.41) is 18.7. The largest absolute Gasteiger partial charge is 0.387 e. The van der Waals surface area contributed by atoms with Gasteiger partial charge in [0.2, 0.25) is 0 Å². The Labute approximate surface area is 240 Å². The predicted molar refractivity (Wildman–Crippen MR) is 167 cm³/mol. The third-order valence-electron chi connectivity index (χ3n) is 7.36. The maximum atomic E-state index is 13.5. The number of imidazole rings is 1. The predicted octanol–water partition coefficient (Wildman–Crippen LogP) is 4.87. The van der Waals surface area contributed by atoms with Crippen molar-refractivity contribution in [2.75, 3.05) is 42.9 Å². The molecule has 0 bridgehead atoms. The van der Waals surface area contributed by atoms with Crippen molar-refractivity contribution in [1.29, 1.82) is 0 Å². The van der Waals surface area contributed by atoms with E-state index in [0.717, 1.165) is 74.9 Å². The summed E-state index contributed by atoms with van der Waals surface area (Å²) in [6, 6.07) is 19.9. The zero-order chi connectivity index (χ0) is 26.9. The molecule has 3 heterocycles. The number of aliphatic hydroxyl groups is 1. The molecule has 1 aliphatic heterocycles. The number of halogens is 1. The number of nitrogens with one attached hydrogen (secondary N) is 4. The molecular weight excluding hydrogens is 603 g/mol. The fourth-order valence-corrected chi connectivity index (χ4v) is 5.82. The number of alkyl halides is 1. The SMILES string of the molecule is Cc1cc(N2CCNCC2)cc2[nH]c(-c3c(NC[C@@H](O)c4cccc(CI)c4)c4ccccc4[nH]c3=O)nc12. The molecule has 0 radical (unpaired) electrons. The summed E-state index contributed by atoms with van der Waals surface area (Å²) >= 11 is 2.32. The van der Waals surface area contributed by atoms with Crippen LogP contribution in [-0.2, 0) is 4.43 Å². The van der Waals surface area contributed by atoms with E-state index in [1.807, 2.05) is 42.5 Å². The molecule has 5 N–H and O–H groups in total. The number of piperazine rings is 1. The van der Waals surface area contributed by atoms with Crippen LogP contribution in [0.5, 0.6) is 0 Å². The van der Waals surface area contributed by atoms with Gasteiger partial charge in [-0.05, 0) is 41.8 Å². The van der Waals surface area contributed by atoms with Gasteiger partial charge in [0.25, 0.3) is 5.56 Å². The molecule has 6 rings (SSSR count). The fraction of sp³-hybridized carbons (Fsp3) is 0.267. The maximum absolute atomic E-state index is 13.5. The summed E-state index contributed by atoms with van der Waals surface area (Å²) in [6.45, 7) is 6.13. The number of hydrogen-bond acceptors (Lipinski definition) is 6. The molecule has 1 saturated heterocycles. The van der Waals surface area contributed by atoms with Gasteiger partial charge in [-0.3, -0.25) is 4.79 Å². The maximum Gasteiger partial charge on any atom is 0.261 e. The summed E-state index contributed by atoms with van der Waals surface area (Å²) in [4.78, 5) is 27.2. The van der Waals surface area contributed by atoms with Gasteiger partial charge in [-0.2, -0.15) is 0 Å². The standard InChI is InChI=1S/C30H31IN6O2/c1-18-13-21(37-11-9-32-10-12-37)15-24-27(18)36-29(34-24)26-28(22-7-2-3-8-23(22)35-30(26)39)33-17-25(38)20-6-4-5-19(14-20)16-31/h2-8,13-15,25,32,38H,9-12,16-17H2,1H3,(H,34,36)(H2,33,35,39)/t25-/m1/s1. The van der Waals surface area contributed by atoms with E-state index in [4.69, 9.17) is 4.98 Å². The number of aryl methyl sites for hydroxylation is 1. The number of nitrogens with zero attached hydrogens (tertiary/aromatic N) is 2. The van der Waals surface area contributed by atoms with Crippen LogP contribution in [-0.4, -0.2) is 52.8 Å². The van der Waals surface area contributed by atoms with Gasteiger partial charge >= 0.3 is 0 Å². The van der Waals surface area contributed by atoms with Crippen molar-refractivity contribution in [1.82, 2.24) is 20.3 Å². The lowest BCUT2D eigenvalue weighted by Gasteiger charge is -2.29. The van der Waals surface area contributed by atoms with Crippen molar-refractivity contribution in [2.24, 2.45) is 0 Å². The van der Waals surface area contributed by atoms with Crippen LogP contribution in [0.1, 0.15) is 22.8 Å². The minimum absolute atomic E-state index is 0.239. The Hall–Kier alpha value is -3.41. The van der Waals surface area contributed by atoms with E-state index in [1.165, 1.54) is 0 Å². The van der Waals surface area contributed by atoms with E-state index in [1.54, 1.807) is 0 Å². The normalized spacial score (nSPS) is 14.7. The number of rotatable bonds is 7. The van der Waals surface area contributed by atoms with Crippen molar-refractivity contribution in [3.63, 3.8) is 0 Å². The molecule has 1 atom stereocenters. The highest BCUT2D eigenvalue weighted by Gasteiger charge is 2.21. The van der Waals surface area contributed by atoms with E-state index >= 15 is 0 Å². The van der Waals surface area contributed by atoms with Gasteiger partial charge in [0.05, 0.1) is 28.3 Å². The number of para-hydroxylation sites is 1. The van der Waals surface area contributed by atoms with Crippen LogP contribution >= 0.6 is 22.6 Å². The van der Waals surface area contributed by atoms with Crippen molar-refractivity contribution in [3.8, 4) is 11.4 Å². The van der Waals surface area contributed by atoms with Crippen molar-refractivity contribution < 1.29 is 5.11 Å². The van der Waals surface area contributed by atoms with Crippen LogP contribution in [0.15, 0.2) is 65.5 Å². The molecule has 1 aliphatic rings. The minimum Gasteiger partial charge on any atom is -0.387 e. The van der Waals surface area contributed by atoms with Crippen LogP contribution in [0.25, 0.3) is 33.3 Å². The van der Waals surface area contributed by atoms with E-state index in [0.29, 0.717) is 17.1 Å². The van der Waals surface area contributed by atoms with Gasteiger partial charge in [-0.1, -0.05) is 65.1 Å². The molecule has 200 valence electrons. The lowest BCUT2D eigenvalue weighted by atomic mass is 10.1. The summed E-state index contributed by atoms with van der Waals surface area (Å²) < 4.78 is 0.871. The van der Waals surface area contributed by atoms with Crippen LogP contribution < -0.4 is 21.1 Å². The molecule has 39 heavy (non-hydrogen) atoms. The third kappa shape index (κ3) is 5.13. The fourth-order valence-electron chi connectivity index (χ4n) is 5.35. The minimum atomic E-state index is -0.738. The summed E-state index contributed by atoms with van der Waals surface area (Å²) in [5.41, 5.74) is 7.52. The average molecular weight is 635 g/mol. The van der Waals surface area contributed by atoms with Crippen LogP contribution in [0.4, 0.5) is 11.4 Å². The van der Waals surface area contributed by atoms with Crippen molar-refractivity contribution in [3.05, 3.63) is 87.7 Å². The Balaban J connectivity index is 1.41. The molecule has 0 unspecified atom stereocenters. The number of hydrogen-bond donors (Lipinski definition) is 5. The second-order valence-corrected chi connectivity index (χ2v) is 10.8. The Bertz CT molecular complexity index is 1710. The summed E-state index contributed by atoms with van der Waals surface area (Å²) in [5.74, 6) is 0.501. The highest BCUT2D eigenvalue weighted by Crippen LogP contribution is 2.33. The molecule has 2 aromatic heterocycles. The number of H-pyrrole nitrogens is 2. The van der Waals surface area contributed by atoms with Crippen LogP contribution in [0.3, 0.4) is 0 Å². The molecule has 0 spiro atoms. The summed E-state index contributed by atoms with van der Waals surface area (Å²) in [7, 11) is 0. The first kappa shape index (κ1) is 25.8. The van der Waals surface area contributed by atoms with E-state index in [2.05, 4.69) is 73.2 Å². The number of fused-ring (bicyclic) bond motifs is 2. The highest BCUT2D eigenvalue weighted by molar-refractivity contribution is 14.1. The molecule has 0 amide bonds. The zero-order valence-electron chi connectivity index (χ0n) is 21.7. The average Bonchev–Trinajstić information content (AvgIpc) is 3.40. The topological polar surface area (TPSA) is 109 Å². The lowest BCUT2D eigenvalue weighted by molar-refractivity contribution is 0.191. The number of aromatic nitrogens is 3. The van der Waals surface area contributed by atoms with Gasteiger partial charge in [-0.15, -0.1) is 0 Å². The molecule has 5 aromatic rings. The Morgan fingerprint density at radius 2 is 1.87 bits per heavy atom. The molecule has 9 heteroatoms. The molecule has 0 aliphatic carbocycles. The van der Waals surface area contributed by atoms with Crippen LogP contribution in [0, 0.1) is 6.92 Å². The first-order valence-electron chi connectivity index (χ1n) is 13.2. The number of benzene rings is 3. The van der Waals surface area contributed by atoms with Crippen molar-refractivity contribution >= 4 is 55.9 Å². The van der Waals surface area contributed by atoms with Gasteiger partial charge in [0.15, 0.2) is 0 Å². The molecule has 0 saturated carbocycles. The monoisotopic (exact) mass is 634 g/mol.